The molecule has 0 unspecified atom stereocenters. The van der Waals surface area contributed by atoms with Crippen LogP contribution in [0.5, 0.6) is 5.75 Å². The maximum absolute atomic E-state index is 12.4. The first-order valence-corrected chi connectivity index (χ1v) is 8.70. The number of carbonyl (C=O) groups excluding carboxylic acids is 2. The number of methoxy groups -OCH3 is 1. The highest BCUT2D eigenvalue weighted by molar-refractivity contribution is 7.10. The fourth-order valence-electron chi connectivity index (χ4n) is 2.72. The van der Waals surface area contributed by atoms with Crippen molar-refractivity contribution < 1.29 is 24.0 Å². The lowest BCUT2D eigenvalue weighted by Crippen LogP contribution is -2.38. The SMILES string of the molecule is COC(=O)c1ccc([N+](=O)[O-])c(OCC(=O)N2CCc3sccc3C2)c1. The fourth-order valence-corrected chi connectivity index (χ4v) is 3.61. The van der Waals surface area contributed by atoms with Crippen molar-refractivity contribution in [3.05, 3.63) is 55.8 Å². The molecule has 0 fully saturated rings. The van der Waals surface area contributed by atoms with Gasteiger partial charge >= 0.3 is 11.7 Å². The van der Waals surface area contributed by atoms with Crippen LogP contribution in [-0.4, -0.2) is 42.0 Å². The molecular formula is C17H16N2O6S. The van der Waals surface area contributed by atoms with Crippen molar-refractivity contribution >= 4 is 28.9 Å². The molecule has 9 heteroatoms. The second-order valence-corrected chi connectivity index (χ2v) is 6.65. The maximum atomic E-state index is 12.4. The summed E-state index contributed by atoms with van der Waals surface area (Å²) in [5.41, 5.74) is 0.916. The quantitative estimate of drug-likeness (QED) is 0.451. The molecule has 0 aliphatic carbocycles. The van der Waals surface area contributed by atoms with E-state index < -0.39 is 10.9 Å². The molecule has 8 nitrogen and oxygen atoms in total. The molecule has 1 aromatic carbocycles. The second kappa shape index (κ2) is 7.52. The lowest BCUT2D eigenvalue weighted by molar-refractivity contribution is -0.385. The van der Waals surface area contributed by atoms with E-state index in [1.807, 2.05) is 11.4 Å². The zero-order valence-electron chi connectivity index (χ0n) is 14.0. The topological polar surface area (TPSA) is 99.0 Å². The summed E-state index contributed by atoms with van der Waals surface area (Å²) in [4.78, 5) is 37.5. The smallest absolute Gasteiger partial charge is 0.337 e. The third kappa shape index (κ3) is 3.67. The molecule has 0 atom stereocenters. The molecule has 0 saturated carbocycles. The molecule has 0 spiro atoms. The molecule has 1 aromatic heterocycles. The number of nitro benzene ring substituents is 1. The van der Waals surface area contributed by atoms with Crippen molar-refractivity contribution in [2.45, 2.75) is 13.0 Å². The summed E-state index contributed by atoms with van der Waals surface area (Å²) in [5, 5.41) is 13.1. The summed E-state index contributed by atoms with van der Waals surface area (Å²) in [5.74, 6) is -1.05. The zero-order chi connectivity index (χ0) is 18.7. The number of benzene rings is 1. The Balaban J connectivity index is 1.71. The number of hydrogen-bond donors (Lipinski definition) is 0. The predicted molar refractivity (Wildman–Crippen MR) is 93.4 cm³/mol. The number of carbonyl (C=O) groups is 2. The lowest BCUT2D eigenvalue weighted by Gasteiger charge is -2.26. The van der Waals surface area contributed by atoms with Gasteiger partial charge in [-0.3, -0.25) is 14.9 Å². The van der Waals surface area contributed by atoms with Crippen molar-refractivity contribution in [3.8, 4) is 5.75 Å². The molecule has 0 saturated heterocycles. The highest BCUT2D eigenvalue weighted by Gasteiger charge is 2.24. The highest BCUT2D eigenvalue weighted by Crippen LogP contribution is 2.29. The van der Waals surface area contributed by atoms with E-state index in [0.29, 0.717) is 13.1 Å². The molecule has 0 bridgehead atoms. The van der Waals surface area contributed by atoms with E-state index >= 15 is 0 Å². The van der Waals surface area contributed by atoms with Crippen molar-refractivity contribution in [3.63, 3.8) is 0 Å². The second-order valence-electron chi connectivity index (χ2n) is 5.65. The summed E-state index contributed by atoms with van der Waals surface area (Å²) < 4.78 is 9.98. The number of amides is 1. The van der Waals surface area contributed by atoms with Crippen molar-refractivity contribution in [2.24, 2.45) is 0 Å². The number of nitrogens with zero attached hydrogens (tertiary/aromatic N) is 2. The minimum Gasteiger partial charge on any atom is -0.477 e. The van der Waals surface area contributed by atoms with Crippen LogP contribution in [0.15, 0.2) is 29.6 Å². The highest BCUT2D eigenvalue weighted by atomic mass is 32.1. The van der Waals surface area contributed by atoms with Crippen molar-refractivity contribution in [2.75, 3.05) is 20.3 Å². The molecule has 3 rings (SSSR count). The molecule has 2 heterocycles. The van der Waals surface area contributed by atoms with Gasteiger partial charge < -0.3 is 14.4 Å². The molecule has 0 radical (unpaired) electrons. The molecule has 0 N–H and O–H groups in total. The van der Waals surface area contributed by atoms with Gasteiger partial charge in [0.05, 0.1) is 17.6 Å². The van der Waals surface area contributed by atoms with Gasteiger partial charge in [-0.15, -0.1) is 11.3 Å². The largest absolute Gasteiger partial charge is 0.477 e. The van der Waals surface area contributed by atoms with E-state index in [2.05, 4.69) is 4.74 Å². The average Bonchev–Trinajstić information content (AvgIpc) is 3.12. The van der Waals surface area contributed by atoms with Crippen LogP contribution in [0.2, 0.25) is 0 Å². The number of ether oxygens (including phenoxy) is 2. The Morgan fingerprint density at radius 3 is 2.88 bits per heavy atom. The first-order valence-electron chi connectivity index (χ1n) is 7.82. The number of fused-ring (bicyclic) bond motifs is 1. The van der Waals surface area contributed by atoms with E-state index in [4.69, 9.17) is 4.74 Å². The average molecular weight is 376 g/mol. The standard InChI is InChI=1S/C17H16N2O6S/c1-24-17(21)11-2-3-13(19(22)23)14(8-11)25-10-16(20)18-6-4-15-12(9-18)5-7-26-15/h2-3,5,7-8H,4,6,9-10H2,1H3. The Morgan fingerprint density at radius 1 is 1.35 bits per heavy atom. The predicted octanol–water partition coefficient (Wildman–Crippen LogP) is 2.41. The third-order valence-electron chi connectivity index (χ3n) is 4.09. The minimum atomic E-state index is -0.642. The monoisotopic (exact) mass is 376 g/mol. The normalized spacial score (nSPS) is 13.0. The van der Waals surface area contributed by atoms with Gasteiger partial charge in [0.2, 0.25) is 0 Å². The Kier molecular flexibility index (Phi) is 5.17. The van der Waals surface area contributed by atoms with Crippen LogP contribution in [0, 0.1) is 10.1 Å². The number of esters is 1. The Labute approximate surface area is 153 Å². The molecule has 1 aliphatic heterocycles. The Morgan fingerprint density at radius 2 is 2.15 bits per heavy atom. The Bertz CT molecular complexity index is 863. The van der Waals surface area contributed by atoms with Crippen LogP contribution in [0.1, 0.15) is 20.8 Å². The molecule has 26 heavy (non-hydrogen) atoms. The van der Waals surface area contributed by atoms with Crippen LogP contribution in [-0.2, 0) is 22.5 Å². The van der Waals surface area contributed by atoms with Gasteiger partial charge in [-0.1, -0.05) is 0 Å². The molecular weight excluding hydrogens is 360 g/mol. The number of nitro groups is 1. The summed E-state index contributed by atoms with van der Waals surface area (Å²) in [6, 6.07) is 5.64. The summed E-state index contributed by atoms with van der Waals surface area (Å²) in [6.45, 7) is 0.746. The van der Waals surface area contributed by atoms with E-state index in [9.17, 15) is 19.7 Å². The van der Waals surface area contributed by atoms with Gasteiger partial charge in [0.1, 0.15) is 0 Å². The summed E-state index contributed by atoms with van der Waals surface area (Å²) >= 11 is 1.67. The van der Waals surface area contributed by atoms with E-state index in [1.54, 1.807) is 16.2 Å². The molecule has 1 aliphatic rings. The molecule has 2 aromatic rings. The Hall–Kier alpha value is -2.94. The first kappa shape index (κ1) is 17.9. The third-order valence-corrected chi connectivity index (χ3v) is 5.11. The van der Waals surface area contributed by atoms with Gasteiger partial charge in [0, 0.05) is 30.1 Å². The van der Waals surface area contributed by atoms with Crippen LogP contribution in [0.4, 0.5) is 5.69 Å². The number of rotatable bonds is 5. The summed E-state index contributed by atoms with van der Waals surface area (Å²) in [6.07, 6.45) is 0.788. The van der Waals surface area contributed by atoms with Gasteiger partial charge in [-0.05, 0) is 29.5 Å². The number of thiophene rings is 1. The minimum absolute atomic E-state index is 0.112. The van der Waals surface area contributed by atoms with Crippen molar-refractivity contribution in [1.29, 1.82) is 0 Å². The fraction of sp³-hybridized carbons (Fsp3) is 0.294. The first-order chi connectivity index (χ1) is 12.5. The van der Waals surface area contributed by atoms with Gasteiger partial charge in [-0.2, -0.15) is 0 Å². The molecule has 1 amide bonds. The van der Waals surface area contributed by atoms with Crippen LogP contribution in [0.25, 0.3) is 0 Å². The van der Waals surface area contributed by atoms with Gasteiger partial charge in [0.15, 0.2) is 12.4 Å². The maximum Gasteiger partial charge on any atom is 0.337 e. The van der Waals surface area contributed by atoms with Gasteiger partial charge in [-0.25, -0.2) is 4.79 Å². The number of hydrogen-bond acceptors (Lipinski definition) is 7. The molecule has 136 valence electrons. The van der Waals surface area contributed by atoms with Crippen LogP contribution in [0.3, 0.4) is 0 Å². The van der Waals surface area contributed by atoms with E-state index in [1.165, 1.54) is 24.1 Å². The van der Waals surface area contributed by atoms with Crippen molar-refractivity contribution in [1.82, 2.24) is 4.90 Å². The van der Waals surface area contributed by atoms with Crippen LogP contribution < -0.4 is 4.74 Å². The zero-order valence-corrected chi connectivity index (χ0v) is 14.8. The van der Waals surface area contributed by atoms with Gasteiger partial charge in [0.25, 0.3) is 5.91 Å². The van der Waals surface area contributed by atoms with Crippen LogP contribution >= 0.6 is 11.3 Å². The van der Waals surface area contributed by atoms with E-state index in [-0.39, 0.29) is 29.5 Å². The lowest BCUT2D eigenvalue weighted by atomic mass is 10.1. The van der Waals surface area contributed by atoms with E-state index in [0.717, 1.165) is 18.1 Å². The summed E-state index contributed by atoms with van der Waals surface area (Å²) in [7, 11) is 1.21.